The van der Waals surface area contributed by atoms with Crippen LogP contribution in [0.2, 0.25) is 0 Å². The van der Waals surface area contributed by atoms with Gasteiger partial charge in [0, 0.05) is 23.4 Å². The van der Waals surface area contributed by atoms with Crippen molar-refractivity contribution < 1.29 is 9.64 Å². The topological polar surface area (TPSA) is 57.7 Å². The molecule has 0 unspecified atom stereocenters. The quantitative estimate of drug-likeness (QED) is 0.647. The average molecular weight is 429 g/mol. The Morgan fingerprint density at radius 2 is 1.83 bits per heavy atom. The fourth-order valence-corrected chi connectivity index (χ4v) is 5.48. The van der Waals surface area contributed by atoms with E-state index in [1.54, 1.807) is 11.3 Å². The first-order valence-corrected chi connectivity index (χ1v) is 11.3. The van der Waals surface area contributed by atoms with Crippen LogP contribution in [0.3, 0.4) is 0 Å². The Hall–Kier alpha value is -2.22. The Kier molecular flexibility index (Phi) is 5.70. The molecular weight excluding hydrogens is 398 g/mol. The van der Waals surface area contributed by atoms with Crippen molar-refractivity contribution in [3.05, 3.63) is 67.2 Å². The van der Waals surface area contributed by atoms with Crippen LogP contribution in [0, 0.1) is 0 Å². The molecule has 30 heavy (non-hydrogen) atoms. The van der Waals surface area contributed by atoms with Gasteiger partial charge in [0.05, 0.1) is 44.9 Å². The molecule has 0 aliphatic carbocycles. The average Bonchev–Trinajstić information content (AvgIpc) is 3.06. The highest BCUT2D eigenvalue weighted by Crippen LogP contribution is 2.37. The van der Waals surface area contributed by atoms with Gasteiger partial charge in [0.25, 0.3) is 5.56 Å². The second-order valence-corrected chi connectivity index (χ2v) is 10.1. The predicted molar refractivity (Wildman–Crippen MR) is 121 cm³/mol. The molecule has 7 heteroatoms. The third kappa shape index (κ3) is 4.02. The summed E-state index contributed by atoms with van der Waals surface area (Å²) in [6.07, 6.45) is 1.42. The number of nitrogens with zero attached hydrogens (tertiary/aromatic N) is 2. The van der Waals surface area contributed by atoms with E-state index < -0.39 is 0 Å². The molecule has 1 aliphatic rings. The summed E-state index contributed by atoms with van der Waals surface area (Å²) < 4.78 is 9.95. The first kappa shape index (κ1) is 21.0. The number of ether oxygens (including phenoxy) is 1. The molecule has 4 rings (SSSR count). The minimum atomic E-state index is -0.251. The second kappa shape index (κ2) is 8.13. The maximum Gasteiger partial charge on any atom is 0.331 e. The third-order valence-electron chi connectivity index (χ3n) is 5.73. The molecule has 1 aliphatic heterocycles. The molecule has 2 aromatic heterocycles. The molecule has 0 bridgehead atoms. The lowest BCUT2D eigenvalue weighted by Crippen LogP contribution is -3.06. The lowest BCUT2D eigenvalue weighted by Gasteiger charge is -2.30. The van der Waals surface area contributed by atoms with Gasteiger partial charge in [-0.05, 0) is 25.8 Å². The van der Waals surface area contributed by atoms with Gasteiger partial charge in [-0.25, -0.2) is 4.79 Å². The van der Waals surface area contributed by atoms with Crippen molar-refractivity contribution in [1.29, 1.82) is 0 Å². The highest BCUT2D eigenvalue weighted by atomic mass is 32.1. The minimum Gasteiger partial charge on any atom is -0.370 e. The summed E-state index contributed by atoms with van der Waals surface area (Å²) in [5.74, 6) is 0. The number of hydrogen-bond donors (Lipinski definition) is 1. The molecule has 0 atom stereocenters. The number of thiophene rings is 1. The van der Waals surface area contributed by atoms with E-state index in [1.807, 2.05) is 34.9 Å². The Morgan fingerprint density at radius 3 is 2.53 bits per heavy atom. The zero-order chi connectivity index (χ0) is 21.5. The lowest BCUT2D eigenvalue weighted by molar-refractivity contribution is -0.858. The summed E-state index contributed by atoms with van der Waals surface area (Å²) in [7, 11) is 4.14. The number of likely N-dealkylation sites (N-methyl/N-ethyl adjacent to an activating group) is 1. The summed E-state index contributed by atoms with van der Waals surface area (Å²) in [5.41, 5.74) is 2.30. The van der Waals surface area contributed by atoms with E-state index in [0.29, 0.717) is 30.8 Å². The molecule has 160 valence electrons. The van der Waals surface area contributed by atoms with E-state index in [4.69, 9.17) is 4.74 Å². The fourth-order valence-electron chi connectivity index (χ4n) is 4.01. The van der Waals surface area contributed by atoms with Crippen molar-refractivity contribution in [2.24, 2.45) is 0 Å². The molecule has 0 radical (unpaired) electrons. The lowest BCUT2D eigenvalue weighted by atomic mass is 9.98. The summed E-state index contributed by atoms with van der Waals surface area (Å²) in [6.45, 7) is 6.36. The number of rotatable bonds is 6. The van der Waals surface area contributed by atoms with Crippen molar-refractivity contribution in [1.82, 2.24) is 9.13 Å². The minimum absolute atomic E-state index is 0.170. The summed E-state index contributed by atoms with van der Waals surface area (Å²) in [4.78, 5) is 29.2. The van der Waals surface area contributed by atoms with Gasteiger partial charge in [0.15, 0.2) is 0 Å². The van der Waals surface area contributed by atoms with E-state index in [-0.39, 0.29) is 16.9 Å². The number of benzene rings is 1. The molecule has 0 amide bonds. The molecular formula is C23H30N3O3S+. The van der Waals surface area contributed by atoms with Gasteiger partial charge in [-0.3, -0.25) is 13.9 Å². The molecule has 0 spiro atoms. The maximum absolute atomic E-state index is 13.4. The summed E-state index contributed by atoms with van der Waals surface area (Å²) in [5, 5.41) is 0. The number of fused-ring (bicyclic) bond motifs is 3. The third-order valence-corrected chi connectivity index (χ3v) is 6.94. The first-order valence-electron chi connectivity index (χ1n) is 10.5. The van der Waals surface area contributed by atoms with Crippen molar-refractivity contribution in [3.8, 4) is 0 Å². The molecule has 1 aromatic carbocycles. The predicted octanol–water partition coefficient (Wildman–Crippen LogP) is 1.46. The van der Waals surface area contributed by atoms with Crippen LogP contribution in [-0.2, 0) is 37.3 Å². The number of quaternary nitrogens is 1. The molecule has 0 fully saturated rings. The van der Waals surface area contributed by atoms with Crippen LogP contribution in [0.25, 0.3) is 10.2 Å². The Balaban J connectivity index is 1.84. The fraction of sp³-hybridized carbons (Fsp3) is 0.478. The van der Waals surface area contributed by atoms with Crippen molar-refractivity contribution >= 4 is 21.6 Å². The smallest absolute Gasteiger partial charge is 0.331 e. The first-order chi connectivity index (χ1) is 14.3. The Morgan fingerprint density at radius 1 is 1.10 bits per heavy atom. The zero-order valence-electron chi connectivity index (χ0n) is 18.2. The van der Waals surface area contributed by atoms with E-state index in [2.05, 4.69) is 27.9 Å². The molecule has 1 N–H and O–H groups in total. The number of aryl methyl sites for hydroxylation is 1. The number of aromatic nitrogens is 2. The van der Waals surface area contributed by atoms with Gasteiger partial charge in [-0.15, -0.1) is 11.3 Å². The van der Waals surface area contributed by atoms with Crippen LogP contribution in [-0.4, -0.2) is 35.4 Å². The van der Waals surface area contributed by atoms with Crippen molar-refractivity contribution in [2.45, 2.75) is 52.0 Å². The largest absolute Gasteiger partial charge is 0.370 e. The normalized spacial score (nSPS) is 15.6. The monoisotopic (exact) mass is 428 g/mol. The SMILES string of the molecule is C[NH+](C)CCn1c(=O)n(CCc2ccccc2)c(=O)c2sc3c(c21)COC(C)(C)C3. The van der Waals surface area contributed by atoms with Gasteiger partial charge in [0.1, 0.15) is 4.70 Å². The molecule has 6 nitrogen and oxygen atoms in total. The standard InChI is InChI=1S/C23H29N3O3S/c1-23(2)14-18-17(15-29-23)19-20(30-18)21(27)26(11-10-16-8-6-5-7-9-16)22(28)25(19)13-12-24(3)4/h5-9H,10-15H2,1-4H3/p+1. The van der Waals surface area contributed by atoms with Crippen LogP contribution in [0.5, 0.6) is 0 Å². The van der Waals surface area contributed by atoms with Gasteiger partial charge in [0.2, 0.25) is 0 Å². The summed E-state index contributed by atoms with van der Waals surface area (Å²) >= 11 is 1.54. The Bertz CT molecular complexity index is 1170. The van der Waals surface area contributed by atoms with E-state index >= 15 is 0 Å². The van der Waals surface area contributed by atoms with Gasteiger partial charge >= 0.3 is 5.69 Å². The molecule has 3 heterocycles. The van der Waals surface area contributed by atoms with E-state index in [0.717, 1.165) is 29.6 Å². The van der Waals surface area contributed by atoms with E-state index in [1.165, 1.54) is 14.3 Å². The zero-order valence-corrected chi connectivity index (χ0v) is 19.0. The van der Waals surface area contributed by atoms with E-state index in [9.17, 15) is 9.59 Å². The van der Waals surface area contributed by atoms with Crippen LogP contribution >= 0.6 is 11.3 Å². The van der Waals surface area contributed by atoms with Gasteiger partial charge < -0.3 is 9.64 Å². The maximum atomic E-state index is 13.4. The van der Waals surface area contributed by atoms with Gasteiger partial charge in [-0.1, -0.05) is 30.3 Å². The van der Waals surface area contributed by atoms with Crippen LogP contribution in [0.1, 0.15) is 29.9 Å². The number of hydrogen-bond acceptors (Lipinski definition) is 4. The van der Waals surface area contributed by atoms with Crippen LogP contribution in [0.4, 0.5) is 0 Å². The molecule has 0 saturated heterocycles. The van der Waals surface area contributed by atoms with Crippen molar-refractivity contribution in [3.63, 3.8) is 0 Å². The number of nitrogens with one attached hydrogen (secondary N) is 1. The Labute approximate surface area is 180 Å². The molecule has 3 aromatic rings. The summed E-state index contributed by atoms with van der Waals surface area (Å²) in [6, 6.07) is 9.99. The highest BCUT2D eigenvalue weighted by Gasteiger charge is 2.31. The second-order valence-electron chi connectivity index (χ2n) is 8.99. The van der Waals surface area contributed by atoms with Gasteiger partial charge in [-0.2, -0.15) is 0 Å². The molecule has 0 saturated carbocycles. The van der Waals surface area contributed by atoms with Crippen molar-refractivity contribution in [2.75, 3.05) is 20.6 Å². The van der Waals surface area contributed by atoms with Crippen LogP contribution in [0.15, 0.2) is 39.9 Å². The highest BCUT2D eigenvalue weighted by molar-refractivity contribution is 7.19. The van der Waals surface area contributed by atoms with Crippen LogP contribution < -0.4 is 16.1 Å².